The molecule has 2 aliphatic rings. The molecule has 240 valence electrons. The van der Waals surface area contributed by atoms with Gasteiger partial charge in [-0.2, -0.15) is 0 Å². The standard InChI is InChI=1S/C18H21N5O.C17H16N4O2/c1-19-10-13-5-7-14(8-6-13)16-17-18(21-11-20-16)23(12-22-17)15-4-2-3-9-24-15;22-9-12-4-6-13(7-5-12)15-16-17(19-10-18-15)21(11-20-16)14-3-1-2-8-23-14/h5-8,11-12,15,19H,2-4,9-10H2,1H3;4-7,9-11,14H,1-3,8H2. The number of rotatable bonds is 7. The molecule has 4 aromatic heterocycles. The average Bonchev–Trinajstić information content (AvgIpc) is 3.78. The van der Waals surface area contributed by atoms with Gasteiger partial charge < -0.3 is 14.8 Å². The van der Waals surface area contributed by atoms with E-state index in [2.05, 4.69) is 59.5 Å². The van der Waals surface area contributed by atoms with Gasteiger partial charge >= 0.3 is 0 Å². The van der Waals surface area contributed by atoms with Crippen LogP contribution in [0.2, 0.25) is 0 Å². The summed E-state index contributed by atoms with van der Waals surface area (Å²) in [5, 5.41) is 3.16. The highest BCUT2D eigenvalue weighted by Gasteiger charge is 2.22. The maximum Gasteiger partial charge on any atom is 0.165 e. The van der Waals surface area contributed by atoms with Crippen LogP contribution in [0.25, 0.3) is 44.8 Å². The molecular formula is C35H37N9O3. The molecule has 0 spiro atoms. The number of ether oxygens (including phenoxy) is 2. The van der Waals surface area contributed by atoms with Crippen LogP contribution in [0.4, 0.5) is 0 Å². The van der Waals surface area contributed by atoms with Crippen molar-refractivity contribution in [3.63, 3.8) is 0 Å². The normalized spacial score (nSPS) is 18.1. The number of aromatic nitrogens is 8. The minimum Gasteiger partial charge on any atom is -0.358 e. The van der Waals surface area contributed by atoms with Gasteiger partial charge in [0.2, 0.25) is 0 Å². The monoisotopic (exact) mass is 631 g/mol. The quantitative estimate of drug-likeness (QED) is 0.212. The fraction of sp³-hybridized carbons (Fsp3) is 0.343. The molecule has 47 heavy (non-hydrogen) atoms. The zero-order chi connectivity index (χ0) is 32.0. The predicted molar refractivity (Wildman–Crippen MR) is 177 cm³/mol. The molecular weight excluding hydrogens is 594 g/mol. The summed E-state index contributed by atoms with van der Waals surface area (Å²) in [6.45, 7) is 2.43. The number of nitrogens with zero attached hydrogens (tertiary/aromatic N) is 8. The molecule has 0 radical (unpaired) electrons. The van der Waals surface area contributed by atoms with E-state index in [1.165, 1.54) is 12.0 Å². The van der Waals surface area contributed by atoms with Crippen molar-refractivity contribution in [3.05, 3.63) is 85.0 Å². The first-order chi connectivity index (χ1) is 23.2. The predicted octanol–water partition coefficient (Wildman–Crippen LogP) is 5.92. The second-order valence-corrected chi connectivity index (χ2v) is 11.7. The van der Waals surface area contributed by atoms with Crippen molar-refractivity contribution in [3.8, 4) is 22.5 Å². The van der Waals surface area contributed by atoms with E-state index in [1.54, 1.807) is 31.1 Å². The maximum absolute atomic E-state index is 10.8. The molecule has 0 aliphatic carbocycles. The summed E-state index contributed by atoms with van der Waals surface area (Å²) in [4.78, 5) is 37.5. The molecule has 8 rings (SSSR count). The van der Waals surface area contributed by atoms with Gasteiger partial charge in [0.1, 0.15) is 53.8 Å². The van der Waals surface area contributed by atoms with Crippen LogP contribution in [0.1, 0.15) is 66.9 Å². The van der Waals surface area contributed by atoms with Gasteiger partial charge in [0, 0.05) is 36.4 Å². The molecule has 12 nitrogen and oxygen atoms in total. The first-order valence-electron chi connectivity index (χ1n) is 16.1. The molecule has 0 bridgehead atoms. The third kappa shape index (κ3) is 6.53. The highest BCUT2D eigenvalue weighted by Crippen LogP contribution is 2.31. The Morgan fingerprint density at radius 2 is 1.21 bits per heavy atom. The van der Waals surface area contributed by atoms with Gasteiger partial charge in [0.05, 0.1) is 12.7 Å². The van der Waals surface area contributed by atoms with Crippen molar-refractivity contribution in [1.29, 1.82) is 0 Å². The van der Waals surface area contributed by atoms with E-state index in [0.29, 0.717) is 5.56 Å². The number of nitrogens with one attached hydrogen (secondary N) is 1. The first-order valence-corrected chi connectivity index (χ1v) is 16.1. The Kier molecular flexibility index (Phi) is 9.31. The molecule has 2 aliphatic heterocycles. The molecule has 6 heterocycles. The number of imidazole rings is 2. The summed E-state index contributed by atoms with van der Waals surface area (Å²) in [6.07, 6.45) is 14.1. The van der Waals surface area contributed by atoms with E-state index in [9.17, 15) is 4.79 Å². The molecule has 2 aromatic carbocycles. The summed E-state index contributed by atoms with van der Waals surface area (Å²) in [6, 6.07) is 15.7. The van der Waals surface area contributed by atoms with Crippen LogP contribution in [0.5, 0.6) is 0 Å². The van der Waals surface area contributed by atoms with E-state index < -0.39 is 0 Å². The lowest BCUT2D eigenvalue weighted by Gasteiger charge is -2.23. The Bertz CT molecular complexity index is 1940. The van der Waals surface area contributed by atoms with Crippen molar-refractivity contribution in [2.45, 2.75) is 57.5 Å². The topological polar surface area (TPSA) is 135 Å². The van der Waals surface area contributed by atoms with E-state index in [0.717, 1.165) is 103 Å². The van der Waals surface area contributed by atoms with Crippen molar-refractivity contribution in [2.75, 3.05) is 20.3 Å². The van der Waals surface area contributed by atoms with Crippen LogP contribution in [0.15, 0.2) is 73.8 Å². The van der Waals surface area contributed by atoms with Gasteiger partial charge in [-0.25, -0.2) is 29.9 Å². The molecule has 0 saturated carbocycles. The van der Waals surface area contributed by atoms with Gasteiger partial charge in [-0.1, -0.05) is 48.5 Å². The van der Waals surface area contributed by atoms with Crippen LogP contribution in [-0.4, -0.2) is 65.6 Å². The molecule has 6 aromatic rings. The van der Waals surface area contributed by atoms with Crippen molar-refractivity contribution in [2.24, 2.45) is 0 Å². The third-order valence-electron chi connectivity index (χ3n) is 8.58. The lowest BCUT2D eigenvalue weighted by Crippen LogP contribution is -2.17. The number of fused-ring (bicyclic) bond motifs is 2. The van der Waals surface area contributed by atoms with Crippen LogP contribution >= 0.6 is 0 Å². The summed E-state index contributed by atoms with van der Waals surface area (Å²) >= 11 is 0. The smallest absolute Gasteiger partial charge is 0.165 e. The van der Waals surface area contributed by atoms with Crippen LogP contribution in [0.3, 0.4) is 0 Å². The number of carbonyl (C=O) groups is 1. The molecule has 2 atom stereocenters. The van der Waals surface area contributed by atoms with E-state index >= 15 is 0 Å². The summed E-state index contributed by atoms with van der Waals surface area (Å²) < 4.78 is 15.7. The lowest BCUT2D eigenvalue weighted by molar-refractivity contribution is -0.0299. The number of carbonyl (C=O) groups excluding carboxylic acids is 1. The Morgan fingerprint density at radius 1 is 0.702 bits per heavy atom. The second-order valence-electron chi connectivity index (χ2n) is 11.7. The minimum atomic E-state index is -0.00561. The summed E-state index contributed by atoms with van der Waals surface area (Å²) in [5.74, 6) is 0. The highest BCUT2D eigenvalue weighted by molar-refractivity contribution is 5.88. The van der Waals surface area contributed by atoms with Gasteiger partial charge in [0.25, 0.3) is 0 Å². The maximum atomic E-state index is 10.8. The van der Waals surface area contributed by atoms with E-state index in [4.69, 9.17) is 9.47 Å². The lowest BCUT2D eigenvalue weighted by atomic mass is 10.1. The molecule has 2 unspecified atom stereocenters. The van der Waals surface area contributed by atoms with Crippen molar-refractivity contribution >= 4 is 28.6 Å². The summed E-state index contributed by atoms with van der Waals surface area (Å²) in [5.41, 5.74) is 8.68. The Hall–Kier alpha value is -4.91. The van der Waals surface area contributed by atoms with Gasteiger partial charge in [-0.15, -0.1) is 0 Å². The molecule has 2 saturated heterocycles. The largest absolute Gasteiger partial charge is 0.358 e. The van der Waals surface area contributed by atoms with E-state index in [-0.39, 0.29) is 12.5 Å². The van der Waals surface area contributed by atoms with Gasteiger partial charge in [0.15, 0.2) is 11.3 Å². The number of aldehydes is 1. The summed E-state index contributed by atoms with van der Waals surface area (Å²) in [7, 11) is 1.95. The number of benzene rings is 2. The number of hydrogen-bond acceptors (Lipinski definition) is 10. The SMILES string of the molecule is CNCc1ccc(-c2ncnc3c2ncn3C2CCCCO2)cc1.O=Cc1ccc(-c2ncnc3c2ncn3C2CCCCO2)cc1. The molecule has 0 amide bonds. The number of hydrogen-bond donors (Lipinski definition) is 1. The van der Waals surface area contributed by atoms with Crippen molar-refractivity contribution in [1.82, 2.24) is 44.4 Å². The fourth-order valence-electron chi connectivity index (χ4n) is 6.14. The zero-order valence-corrected chi connectivity index (χ0v) is 26.3. The fourth-order valence-corrected chi connectivity index (χ4v) is 6.14. The van der Waals surface area contributed by atoms with Crippen LogP contribution in [0, 0.1) is 0 Å². The van der Waals surface area contributed by atoms with Gasteiger partial charge in [-0.05, 0) is 51.1 Å². The zero-order valence-electron chi connectivity index (χ0n) is 26.3. The molecule has 12 heteroatoms. The molecule has 2 fully saturated rings. The van der Waals surface area contributed by atoms with Gasteiger partial charge in [-0.3, -0.25) is 13.9 Å². The molecule has 1 N–H and O–H groups in total. The Labute approximate surface area is 272 Å². The van der Waals surface area contributed by atoms with E-state index in [1.807, 2.05) is 34.6 Å². The minimum absolute atomic E-state index is 0.00561. The Balaban J connectivity index is 0.000000150. The third-order valence-corrected chi connectivity index (χ3v) is 8.58. The van der Waals surface area contributed by atoms with Crippen LogP contribution in [-0.2, 0) is 16.0 Å². The first kappa shape index (κ1) is 30.7. The second kappa shape index (κ2) is 14.2. The van der Waals surface area contributed by atoms with Crippen molar-refractivity contribution < 1.29 is 14.3 Å². The van der Waals surface area contributed by atoms with Crippen LogP contribution < -0.4 is 5.32 Å². The Morgan fingerprint density at radius 3 is 1.66 bits per heavy atom. The highest BCUT2D eigenvalue weighted by atomic mass is 16.5. The average molecular weight is 632 g/mol.